The molecule has 232 valence electrons. The maximum Gasteiger partial charge on any atom is 0.573 e. The Hall–Kier alpha value is -4.44. The number of nitrogens with two attached hydrogens (primary N) is 1. The Morgan fingerprint density at radius 2 is 1.67 bits per heavy atom. The first-order chi connectivity index (χ1) is 20.2. The standard InChI is InChI=1S/C22H21F3N6O3S.C5H12N2O/c1-4-26-18(32)11(2)27-19(33)12-5-8-16-15(9-12)28-20(31(16)3)30-21-29-14-7-6-13(10-17(14)35-21)34-22(23,24)25;1-3-7-5(8)4(2)6/h5-11H,4H2,1-3H3,(H,26,32)(H,27,33)(H,28,29,30);4H,3,6H2,1-2H3,(H,7,8)/t11-;4-/m00/s1. The number of benzene rings is 2. The zero-order valence-corrected chi connectivity index (χ0v) is 24.9. The van der Waals surface area contributed by atoms with Crippen LogP contribution in [0.15, 0.2) is 36.4 Å². The number of aryl methyl sites for hydroxylation is 1. The zero-order valence-electron chi connectivity index (χ0n) is 24.1. The molecule has 12 nitrogen and oxygen atoms in total. The maximum absolute atomic E-state index is 12.6. The number of likely N-dealkylation sites (N-methyl/N-ethyl adjacent to an activating group) is 2. The lowest BCUT2D eigenvalue weighted by atomic mass is 10.1. The van der Waals surface area contributed by atoms with Gasteiger partial charge in [-0.05, 0) is 58.0 Å². The van der Waals surface area contributed by atoms with Crippen molar-refractivity contribution in [1.82, 2.24) is 30.5 Å². The van der Waals surface area contributed by atoms with E-state index in [0.29, 0.717) is 45.5 Å². The maximum atomic E-state index is 12.6. The predicted molar refractivity (Wildman–Crippen MR) is 158 cm³/mol. The van der Waals surface area contributed by atoms with Crippen LogP contribution in [0.5, 0.6) is 5.75 Å². The molecule has 0 fully saturated rings. The summed E-state index contributed by atoms with van der Waals surface area (Å²) in [5.74, 6) is -0.671. The Morgan fingerprint density at radius 1 is 1.00 bits per heavy atom. The van der Waals surface area contributed by atoms with Gasteiger partial charge < -0.3 is 36.3 Å². The van der Waals surface area contributed by atoms with Crippen molar-refractivity contribution in [3.8, 4) is 5.75 Å². The summed E-state index contributed by atoms with van der Waals surface area (Å²) in [6.07, 6.45) is -4.78. The zero-order chi connectivity index (χ0) is 31.9. The number of fused-ring (bicyclic) bond motifs is 2. The third-order valence-electron chi connectivity index (χ3n) is 5.81. The van der Waals surface area contributed by atoms with E-state index in [9.17, 15) is 27.6 Å². The molecular weight excluding hydrogens is 589 g/mol. The molecule has 0 aliphatic heterocycles. The molecule has 43 heavy (non-hydrogen) atoms. The highest BCUT2D eigenvalue weighted by atomic mass is 32.1. The molecule has 3 amide bonds. The number of thiazole rings is 1. The highest BCUT2D eigenvalue weighted by molar-refractivity contribution is 7.22. The van der Waals surface area contributed by atoms with Gasteiger partial charge in [-0.3, -0.25) is 14.4 Å². The highest BCUT2D eigenvalue weighted by Gasteiger charge is 2.31. The van der Waals surface area contributed by atoms with Crippen molar-refractivity contribution in [2.75, 3.05) is 18.4 Å². The van der Waals surface area contributed by atoms with Gasteiger partial charge in [0.1, 0.15) is 11.8 Å². The molecule has 6 N–H and O–H groups in total. The Balaban J connectivity index is 0.000000557. The number of nitrogens with one attached hydrogen (secondary N) is 4. The molecule has 0 aliphatic rings. The first-order valence-electron chi connectivity index (χ1n) is 13.2. The molecule has 0 unspecified atom stereocenters. The van der Waals surface area contributed by atoms with Gasteiger partial charge in [-0.1, -0.05) is 11.3 Å². The molecule has 16 heteroatoms. The highest BCUT2D eigenvalue weighted by Crippen LogP contribution is 2.33. The van der Waals surface area contributed by atoms with Crippen molar-refractivity contribution in [3.05, 3.63) is 42.0 Å². The lowest BCUT2D eigenvalue weighted by Crippen LogP contribution is -2.44. The monoisotopic (exact) mass is 622 g/mol. The fraction of sp³-hybridized carbons (Fsp3) is 0.370. The molecule has 0 bridgehead atoms. The normalized spacial score (nSPS) is 12.6. The molecule has 0 saturated carbocycles. The molecule has 4 rings (SSSR count). The smallest absolute Gasteiger partial charge is 0.406 e. The number of hydrogen-bond donors (Lipinski definition) is 5. The number of nitrogens with zero attached hydrogens (tertiary/aromatic N) is 3. The Kier molecular flexibility index (Phi) is 10.9. The summed E-state index contributed by atoms with van der Waals surface area (Å²) in [6.45, 7) is 8.03. The molecular formula is C27H33F3N8O4S. The van der Waals surface area contributed by atoms with Crippen LogP contribution in [0.25, 0.3) is 21.3 Å². The van der Waals surface area contributed by atoms with Crippen LogP contribution in [0.3, 0.4) is 0 Å². The largest absolute Gasteiger partial charge is 0.573 e. The lowest BCUT2D eigenvalue weighted by Gasteiger charge is -2.13. The molecule has 0 saturated heterocycles. The van der Waals surface area contributed by atoms with Crippen LogP contribution < -0.4 is 31.7 Å². The first-order valence-corrected chi connectivity index (χ1v) is 14.1. The number of alkyl halides is 3. The molecule has 0 aliphatic carbocycles. The molecule has 2 atom stereocenters. The van der Waals surface area contributed by atoms with Gasteiger partial charge in [0.05, 0.1) is 27.3 Å². The molecule has 0 radical (unpaired) electrons. The van der Waals surface area contributed by atoms with Crippen LogP contribution in [0.2, 0.25) is 0 Å². The van der Waals surface area contributed by atoms with Crippen molar-refractivity contribution < 1.29 is 32.3 Å². The van der Waals surface area contributed by atoms with E-state index in [1.54, 1.807) is 50.6 Å². The average molecular weight is 623 g/mol. The van der Waals surface area contributed by atoms with Crippen LogP contribution in [0, 0.1) is 0 Å². The van der Waals surface area contributed by atoms with Gasteiger partial charge in [0, 0.05) is 31.8 Å². The minimum Gasteiger partial charge on any atom is -0.406 e. The molecule has 4 aromatic rings. The fourth-order valence-corrected chi connectivity index (χ4v) is 4.60. The molecule has 2 aromatic heterocycles. The Bertz CT molecular complexity index is 1600. The summed E-state index contributed by atoms with van der Waals surface area (Å²) in [5.41, 5.74) is 7.33. The van der Waals surface area contributed by atoms with Crippen LogP contribution in [-0.4, -0.2) is 63.8 Å². The fourth-order valence-electron chi connectivity index (χ4n) is 3.71. The van der Waals surface area contributed by atoms with E-state index in [4.69, 9.17) is 5.73 Å². The van der Waals surface area contributed by atoms with Crippen LogP contribution in [0.1, 0.15) is 38.1 Å². The van der Waals surface area contributed by atoms with Gasteiger partial charge in [-0.25, -0.2) is 9.97 Å². The summed E-state index contributed by atoms with van der Waals surface area (Å²) >= 11 is 1.15. The topological polar surface area (TPSA) is 165 Å². The number of carbonyl (C=O) groups is 3. The minimum absolute atomic E-state index is 0.0903. The Labute approximate surface area is 249 Å². The van der Waals surface area contributed by atoms with E-state index in [1.807, 2.05) is 6.92 Å². The SMILES string of the molecule is CCNC(=O)[C@H](C)N.CCNC(=O)[C@H](C)NC(=O)c1ccc2c(c1)nc(Nc1nc3ccc(OC(F)(F)F)cc3s1)n2C. The summed E-state index contributed by atoms with van der Waals surface area (Å²) in [4.78, 5) is 43.9. The van der Waals surface area contributed by atoms with Gasteiger partial charge in [0.25, 0.3) is 5.91 Å². The van der Waals surface area contributed by atoms with E-state index in [-0.39, 0.29) is 23.6 Å². The van der Waals surface area contributed by atoms with E-state index < -0.39 is 18.3 Å². The van der Waals surface area contributed by atoms with Gasteiger partial charge in [-0.15, -0.1) is 13.2 Å². The van der Waals surface area contributed by atoms with Crippen molar-refractivity contribution in [1.29, 1.82) is 0 Å². The molecule has 2 aromatic carbocycles. The van der Waals surface area contributed by atoms with E-state index in [1.165, 1.54) is 18.2 Å². The number of amides is 3. The van der Waals surface area contributed by atoms with Crippen molar-refractivity contribution in [2.45, 2.75) is 46.1 Å². The van der Waals surface area contributed by atoms with Crippen molar-refractivity contribution in [2.24, 2.45) is 12.8 Å². The predicted octanol–water partition coefficient (Wildman–Crippen LogP) is 3.55. The van der Waals surface area contributed by atoms with E-state index in [2.05, 4.69) is 36.0 Å². The summed E-state index contributed by atoms with van der Waals surface area (Å²) in [7, 11) is 1.77. The second-order valence-corrected chi connectivity index (χ2v) is 10.3. The second-order valence-electron chi connectivity index (χ2n) is 9.29. The van der Waals surface area contributed by atoms with Crippen LogP contribution in [0.4, 0.5) is 24.3 Å². The van der Waals surface area contributed by atoms with Crippen LogP contribution in [-0.2, 0) is 16.6 Å². The summed E-state index contributed by atoms with van der Waals surface area (Å²) < 4.78 is 43.7. The summed E-state index contributed by atoms with van der Waals surface area (Å²) in [5, 5.41) is 11.4. The average Bonchev–Trinajstić information content (AvgIpc) is 3.47. The van der Waals surface area contributed by atoms with Crippen molar-refractivity contribution >= 4 is 61.4 Å². The van der Waals surface area contributed by atoms with Gasteiger partial charge in [0.2, 0.25) is 17.8 Å². The number of halogens is 3. The number of ether oxygens (including phenoxy) is 1. The number of aromatic nitrogens is 3. The molecule has 2 heterocycles. The summed E-state index contributed by atoms with van der Waals surface area (Å²) in [6, 6.07) is 7.82. The number of rotatable bonds is 9. The van der Waals surface area contributed by atoms with Gasteiger partial charge >= 0.3 is 6.36 Å². The number of anilines is 2. The van der Waals surface area contributed by atoms with Crippen molar-refractivity contribution in [3.63, 3.8) is 0 Å². The van der Waals surface area contributed by atoms with Gasteiger partial charge in [-0.2, -0.15) is 0 Å². The first kappa shape index (κ1) is 33.1. The third kappa shape index (κ3) is 9.02. The number of imidazole rings is 1. The second kappa shape index (κ2) is 14.2. The van der Waals surface area contributed by atoms with Crippen LogP contribution >= 0.6 is 11.3 Å². The Morgan fingerprint density at radius 3 is 2.28 bits per heavy atom. The number of carbonyl (C=O) groups excluding carboxylic acids is 3. The third-order valence-corrected chi connectivity index (χ3v) is 6.75. The molecule has 0 spiro atoms. The van der Waals surface area contributed by atoms with E-state index in [0.717, 1.165) is 16.9 Å². The van der Waals surface area contributed by atoms with E-state index >= 15 is 0 Å². The minimum atomic E-state index is -4.78. The quantitative estimate of drug-likeness (QED) is 0.189. The number of hydrogen-bond acceptors (Lipinski definition) is 9. The lowest BCUT2D eigenvalue weighted by molar-refractivity contribution is -0.274. The van der Waals surface area contributed by atoms with Gasteiger partial charge in [0.15, 0.2) is 5.13 Å².